The van der Waals surface area contributed by atoms with E-state index in [1.165, 1.54) is 23.1 Å². The lowest BCUT2D eigenvalue weighted by atomic mass is 9.86. The van der Waals surface area contributed by atoms with E-state index < -0.39 is 11.5 Å². The normalized spacial score (nSPS) is 24.9. The molecule has 1 unspecified atom stereocenters. The summed E-state index contributed by atoms with van der Waals surface area (Å²) in [6.45, 7) is 1.94. The number of hydrogen-bond donors (Lipinski definition) is 1. The second-order valence-electron chi connectivity index (χ2n) is 5.97. The van der Waals surface area contributed by atoms with Gasteiger partial charge in [0.25, 0.3) is 5.91 Å². The number of halogens is 2. The average Bonchev–Trinajstić information content (AvgIpc) is 2.70. The predicted molar refractivity (Wildman–Crippen MR) is 84.2 cm³/mol. The second-order valence-corrected chi connectivity index (χ2v) is 6.40. The van der Waals surface area contributed by atoms with E-state index >= 15 is 0 Å². The summed E-state index contributed by atoms with van der Waals surface area (Å²) >= 11 is 5.80. The first-order chi connectivity index (χ1) is 10.5. The zero-order chi connectivity index (χ0) is 15.9. The van der Waals surface area contributed by atoms with Crippen LogP contribution in [0.25, 0.3) is 0 Å². The number of hydrogen-bond acceptors (Lipinski definition) is 2. The molecule has 0 spiro atoms. The molecule has 2 aliphatic rings. The standard InChI is InChI=1S/C17H19ClFNO2/c1-2-9-17(22)13-6-4-3-5-12(13)16(21)20(17)15-8-7-11(18)10-14(15)19/h7-8,10,22H,2-6,9H2,1H3. The van der Waals surface area contributed by atoms with Gasteiger partial charge in [-0.2, -0.15) is 0 Å². The molecule has 118 valence electrons. The lowest BCUT2D eigenvalue weighted by Crippen LogP contribution is -2.49. The van der Waals surface area contributed by atoms with Gasteiger partial charge in [-0.25, -0.2) is 4.39 Å². The van der Waals surface area contributed by atoms with E-state index in [1.807, 2.05) is 6.92 Å². The Morgan fingerprint density at radius 2 is 2.09 bits per heavy atom. The Kier molecular flexibility index (Phi) is 4.00. The largest absolute Gasteiger partial charge is 0.367 e. The van der Waals surface area contributed by atoms with Crippen molar-refractivity contribution in [1.82, 2.24) is 0 Å². The topological polar surface area (TPSA) is 40.5 Å². The maximum Gasteiger partial charge on any atom is 0.257 e. The molecule has 1 aliphatic heterocycles. The van der Waals surface area contributed by atoms with Crippen LogP contribution in [0.2, 0.25) is 5.02 Å². The summed E-state index contributed by atoms with van der Waals surface area (Å²) in [4.78, 5) is 14.0. The van der Waals surface area contributed by atoms with Gasteiger partial charge in [-0.3, -0.25) is 9.69 Å². The molecule has 1 atom stereocenters. The van der Waals surface area contributed by atoms with Crippen LogP contribution in [0.5, 0.6) is 0 Å². The molecule has 1 aromatic rings. The number of carbonyl (C=O) groups excluding carboxylic acids is 1. The number of nitrogens with zero attached hydrogens (tertiary/aromatic N) is 1. The van der Waals surface area contributed by atoms with E-state index in [-0.39, 0.29) is 16.6 Å². The van der Waals surface area contributed by atoms with Crippen molar-refractivity contribution in [3.63, 3.8) is 0 Å². The quantitative estimate of drug-likeness (QED) is 0.906. The highest BCUT2D eigenvalue weighted by molar-refractivity contribution is 6.30. The zero-order valence-electron chi connectivity index (χ0n) is 12.5. The number of amides is 1. The van der Waals surface area contributed by atoms with Crippen molar-refractivity contribution in [2.75, 3.05) is 4.90 Å². The van der Waals surface area contributed by atoms with Crippen molar-refractivity contribution in [1.29, 1.82) is 0 Å². The fraction of sp³-hybridized carbons (Fsp3) is 0.471. The molecule has 1 N–H and O–H groups in total. The number of benzene rings is 1. The fourth-order valence-electron chi connectivity index (χ4n) is 3.60. The predicted octanol–water partition coefficient (Wildman–Crippen LogP) is 4.19. The molecule has 0 aromatic heterocycles. The molecule has 3 rings (SSSR count). The molecule has 1 heterocycles. The van der Waals surface area contributed by atoms with Crippen molar-refractivity contribution in [2.24, 2.45) is 0 Å². The van der Waals surface area contributed by atoms with Gasteiger partial charge in [-0.1, -0.05) is 24.9 Å². The van der Waals surface area contributed by atoms with Crippen molar-refractivity contribution in [3.8, 4) is 0 Å². The van der Waals surface area contributed by atoms with Crippen LogP contribution in [-0.2, 0) is 4.79 Å². The third kappa shape index (κ3) is 2.25. The van der Waals surface area contributed by atoms with Crippen LogP contribution < -0.4 is 4.90 Å². The van der Waals surface area contributed by atoms with E-state index in [0.29, 0.717) is 31.3 Å². The van der Waals surface area contributed by atoms with E-state index in [0.717, 1.165) is 18.4 Å². The van der Waals surface area contributed by atoms with E-state index in [4.69, 9.17) is 11.6 Å². The maximum absolute atomic E-state index is 14.3. The summed E-state index contributed by atoms with van der Waals surface area (Å²) in [6.07, 6.45) is 4.35. The Bertz CT molecular complexity index is 658. The molecule has 0 radical (unpaired) electrons. The van der Waals surface area contributed by atoms with Crippen LogP contribution in [0, 0.1) is 5.82 Å². The summed E-state index contributed by atoms with van der Waals surface area (Å²) < 4.78 is 14.3. The van der Waals surface area contributed by atoms with Gasteiger partial charge >= 0.3 is 0 Å². The highest BCUT2D eigenvalue weighted by atomic mass is 35.5. The molecule has 5 heteroatoms. The van der Waals surface area contributed by atoms with E-state index in [2.05, 4.69) is 0 Å². The van der Waals surface area contributed by atoms with Crippen molar-refractivity contribution in [3.05, 3.63) is 40.2 Å². The van der Waals surface area contributed by atoms with Crippen molar-refractivity contribution >= 4 is 23.2 Å². The monoisotopic (exact) mass is 323 g/mol. The minimum absolute atomic E-state index is 0.0970. The van der Waals surface area contributed by atoms with E-state index in [9.17, 15) is 14.3 Å². The van der Waals surface area contributed by atoms with Gasteiger partial charge in [-0.15, -0.1) is 0 Å². The van der Waals surface area contributed by atoms with Crippen LogP contribution in [0.15, 0.2) is 29.3 Å². The lowest BCUT2D eigenvalue weighted by Gasteiger charge is -2.36. The average molecular weight is 324 g/mol. The maximum atomic E-state index is 14.3. The number of rotatable bonds is 3. The number of anilines is 1. The summed E-state index contributed by atoms with van der Waals surface area (Å²) in [7, 11) is 0. The van der Waals surface area contributed by atoms with E-state index in [1.54, 1.807) is 0 Å². The third-order valence-electron chi connectivity index (χ3n) is 4.53. The first-order valence-corrected chi connectivity index (χ1v) is 8.11. The molecule has 1 aliphatic carbocycles. The lowest BCUT2D eigenvalue weighted by molar-refractivity contribution is -0.117. The first kappa shape index (κ1) is 15.5. The smallest absolute Gasteiger partial charge is 0.257 e. The van der Waals surface area contributed by atoms with Crippen LogP contribution in [0.4, 0.5) is 10.1 Å². The minimum Gasteiger partial charge on any atom is -0.367 e. The van der Waals surface area contributed by atoms with Gasteiger partial charge in [0.1, 0.15) is 5.82 Å². The molecule has 0 fully saturated rings. The summed E-state index contributed by atoms with van der Waals surface area (Å²) in [5.74, 6) is -0.859. The van der Waals surface area contributed by atoms with Gasteiger partial charge in [0.05, 0.1) is 5.69 Å². The Labute approximate surface area is 134 Å². The third-order valence-corrected chi connectivity index (χ3v) is 4.77. The van der Waals surface area contributed by atoms with Gasteiger partial charge in [0.2, 0.25) is 0 Å². The molecule has 0 saturated heterocycles. The molecule has 0 saturated carbocycles. The van der Waals surface area contributed by atoms with Crippen LogP contribution in [-0.4, -0.2) is 16.7 Å². The number of aliphatic hydroxyl groups is 1. The highest BCUT2D eigenvalue weighted by Crippen LogP contribution is 2.46. The molecule has 3 nitrogen and oxygen atoms in total. The molecule has 0 bridgehead atoms. The minimum atomic E-state index is -1.41. The summed E-state index contributed by atoms with van der Waals surface area (Å²) in [5, 5.41) is 11.5. The molecular weight excluding hydrogens is 305 g/mol. The first-order valence-electron chi connectivity index (χ1n) is 7.73. The van der Waals surface area contributed by atoms with Crippen LogP contribution >= 0.6 is 11.6 Å². The van der Waals surface area contributed by atoms with Gasteiger partial charge in [0, 0.05) is 10.6 Å². The Morgan fingerprint density at radius 1 is 1.36 bits per heavy atom. The molecule has 1 aromatic carbocycles. The van der Waals surface area contributed by atoms with Gasteiger partial charge < -0.3 is 5.11 Å². The van der Waals surface area contributed by atoms with Crippen LogP contribution in [0.3, 0.4) is 0 Å². The molecular formula is C17H19ClFNO2. The fourth-order valence-corrected chi connectivity index (χ4v) is 3.76. The zero-order valence-corrected chi connectivity index (χ0v) is 13.3. The molecule has 22 heavy (non-hydrogen) atoms. The van der Waals surface area contributed by atoms with Crippen molar-refractivity contribution in [2.45, 2.75) is 51.2 Å². The Morgan fingerprint density at radius 3 is 2.77 bits per heavy atom. The molecule has 1 amide bonds. The number of carbonyl (C=O) groups is 1. The van der Waals surface area contributed by atoms with Gasteiger partial charge in [0.15, 0.2) is 5.72 Å². The van der Waals surface area contributed by atoms with Gasteiger partial charge in [-0.05, 0) is 55.9 Å². The Balaban J connectivity index is 2.12. The second kappa shape index (κ2) is 5.67. The SMILES string of the molecule is CCCC1(O)C2=C(CCCC2)C(=O)N1c1ccc(Cl)cc1F. The highest BCUT2D eigenvalue weighted by Gasteiger charge is 2.51. The van der Waals surface area contributed by atoms with Crippen LogP contribution in [0.1, 0.15) is 45.4 Å². The van der Waals surface area contributed by atoms with Crippen molar-refractivity contribution < 1.29 is 14.3 Å². The summed E-state index contributed by atoms with van der Waals surface area (Å²) in [5.41, 5.74) is 0.132. The Hall–Kier alpha value is -1.39. The summed E-state index contributed by atoms with van der Waals surface area (Å²) in [6, 6.07) is 4.18.